The molecule has 1 aliphatic heterocycles. The molecule has 6 nitrogen and oxygen atoms in total. The summed E-state index contributed by atoms with van der Waals surface area (Å²) in [6.07, 6.45) is 0.893. The summed E-state index contributed by atoms with van der Waals surface area (Å²) in [6.45, 7) is 1.67. The van der Waals surface area contributed by atoms with Crippen molar-refractivity contribution in [2.45, 2.75) is 13.0 Å². The van der Waals surface area contributed by atoms with Crippen molar-refractivity contribution in [3.63, 3.8) is 0 Å². The Hall–Kier alpha value is -2.44. The van der Waals surface area contributed by atoms with Gasteiger partial charge in [-0.15, -0.1) is 0 Å². The number of hydrogen-bond donors (Lipinski definition) is 1. The van der Waals surface area contributed by atoms with Gasteiger partial charge in [-0.25, -0.2) is 0 Å². The van der Waals surface area contributed by atoms with Crippen molar-refractivity contribution in [1.82, 2.24) is 4.90 Å². The molecule has 0 spiro atoms. The summed E-state index contributed by atoms with van der Waals surface area (Å²) < 4.78 is 0. The standard InChI is InChI=1S/C17H16ClN3O3/c18-14-5-6-15(16(9-14)21(23)24)19-17(22)11-20-8-7-12-3-1-2-4-13(12)10-20/h1-6,9H,7-8,10-11H2,(H,19,22). The van der Waals surface area contributed by atoms with E-state index in [1.165, 1.54) is 29.3 Å². The molecule has 2 aromatic carbocycles. The summed E-state index contributed by atoms with van der Waals surface area (Å²) in [4.78, 5) is 24.8. The number of halogens is 1. The highest BCUT2D eigenvalue weighted by Crippen LogP contribution is 2.27. The fourth-order valence-corrected chi connectivity index (χ4v) is 3.01. The van der Waals surface area contributed by atoms with Crippen molar-refractivity contribution < 1.29 is 9.72 Å². The van der Waals surface area contributed by atoms with Gasteiger partial charge in [-0.1, -0.05) is 35.9 Å². The van der Waals surface area contributed by atoms with Gasteiger partial charge >= 0.3 is 0 Å². The van der Waals surface area contributed by atoms with E-state index in [1.807, 2.05) is 17.0 Å². The van der Waals surface area contributed by atoms with Gasteiger partial charge in [-0.3, -0.25) is 19.8 Å². The third kappa shape index (κ3) is 3.72. The SMILES string of the molecule is O=C(CN1CCc2ccccc2C1)Nc1ccc(Cl)cc1[N+](=O)[O-]. The van der Waals surface area contributed by atoms with Crippen LogP contribution in [0, 0.1) is 10.1 Å². The van der Waals surface area contributed by atoms with Crippen LogP contribution in [0.3, 0.4) is 0 Å². The van der Waals surface area contributed by atoms with Crippen LogP contribution in [0.2, 0.25) is 5.02 Å². The van der Waals surface area contributed by atoms with Gasteiger partial charge in [0.2, 0.25) is 5.91 Å². The number of carbonyl (C=O) groups is 1. The predicted molar refractivity (Wildman–Crippen MR) is 92.2 cm³/mol. The summed E-state index contributed by atoms with van der Waals surface area (Å²) in [7, 11) is 0. The zero-order valence-electron chi connectivity index (χ0n) is 12.9. The van der Waals surface area contributed by atoms with Gasteiger partial charge in [0.05, 0.1) is 11.5 Å². The molecule has 0 aromatic heterocycles. The quantitative estimate of drug-likeness (QED) is 0.681. The highest BCUT2D eigenvalue weighted by atomic mass is 35.5. The molecule has 1 amide bonds. The number of nitro benzene ring substituents is 1. The number of fused-ring (bicyclic) bond motifs is 1. The van der Waals surface area contributed by atoms with E-state index < -0.39 is 4.92 Å². The Bertz CT molecular complexity index is 794. The zero-order chi connectivity index (χ0) is 17.1. The van der Waals surface area contributed by atoms with Crippen molar-refractivity contribution in [2.24, 2.45) is 0 Å². The number of nitrogens with zero attached hydrogens (tertiary/aromatic N) is 2. The van der Waals surface area contributed by atoms with E-state index in [-0.39, 0.29) is 28.8 Å². The number of amides is 1. The molecular formula is C17H16ClN3O3. The topological polar surface area (TPSA) is 75.5 Å². The minimum atomic E-state index is -0.557. The minimum absolute atomic E-state index is 0.159. The Kier molecular flexibility index (Phi) is 4.78. The molecule has 0 atom stereocenters. The second kappa shape index (κ2) is 6.98. The Morgan fingerprint density at radius 1 is 1.25 bits per heavy atom. The number of benzene rings is 2. The number of anilines is 1. The molecule has 24 heavy (non-hydrogen) atoms. The van der Waals surface area contributed by atoms with Crippen molar-refractivity contribution in [3.8, 4) is 0 Å². The molecule has 0 saturated carbocycles. The fraction of sp³-hybridized carbons (Fsp3) is 0.235. The van der Waals surface area contributed by atoms with Gasteiger partial charge in [-0.05, 0) is 29.7 Å². The monoisotopic (exact) mass is 345 g/mol. The molecule has 0 radical (unpaired) electrons. The lowest BCUT2D eigenvalue weighted by Gasteiger charge is -2.28. The Labute approximate surface area is 144 Å². The summed E-state index contributed by atoms with van der Waals surface area (Å²) in [5, 5.41) is 13.9. The molecule has 0 saturated heterocycles. The first-order valence-corrected chi connectivity index (χ1v) is 7.93. The zero-order valence-corrected chi connectivity index (χ0v) is 13.6. The maximum Gasteiger partial charge on any atom is 0.294 e. The summed E-state index contributed by atoms with van der Waals surface area (Å²) in [6, 6.07) is 12.4. The molecule has 3 rings (SSSR count). The van der Waals surface area contributed by atoms with Crippen molar-refractivity contribution in [3.05, 3.63) is 68.7 Å². The lowest BCUT2D eigenvalue weighted by atomic mass is 10.00. The van der Waals surface area contributed by atoms with Crippen LogP contribution in [-0.4, -0.2) is 28.8 Å². The van der Waals surface area contributed by atoms with Gasteiger partial charge in [0, 0.05) is 24.2 Å². The van der Waals surface area contributed by atoms with E-state index in [1.54, 1.807) is 0 Å². The second-order valence-electron chi connectivity index (χ2n) is 5.70. The maximum atomic E-state index is 12.2. The third-order valence-electron chi connectivity index (χ3n) is 4.01. The molecule has 1 N–H and O–H groups in total. The van der Waals surface area contributed by atoms with E-state index in [0.717, 1.165) is 13.0 Å². The smallest absolute Gasteiger partial charge is 0.294 e. The van der Waals surface area contributed by atoms with E-state index in [0.29, 0.717) is 6.54 Å². The van der Waals surface area contributed by atoms with Crippen LogP contribution in [0.1, 0.15) is 11.1 Å². The van der Waals surface area contributed by atoms with Crippen molar-refractivity contribution in [1.29, 1.82) is 0 Å². The van der Waals surface area contributed by atoms with Crippen molar-refractivity contribution >= 4 is 28.9 Å². The predicted octanol–water partition coefficient (Wildman–Crippen LogP) is 3.25. The number of nitro groups is 1. The normalized spacial score (nSPS) is 14.0. The Balaban J connectivity index is 1.66. The first kappa shape index (κ1) is 16.4. The molecule has 0 unspecified atom stereocenters. The molecule has 1 aliphatic rings. The van der Waals surface area contributed by atoms with Gasteiger partial charge in [-0.2, -0.15) is 0 Å². The van der Waals surface area contributed by atoms with E-state index in [4.69, 9.17) is 11.6 Å². The fourth-order valence-electron chi connectivity index (χ4n) is 2.84. The number of carbonyl (C=O) groups excluding carboxylic acids is 1. The maximum absolute atomic E-state index is 12.2. The largest absolute Gasteiger partial charge is 0.319 e. The third-order valence-corrected chi connectivity index (χ3v) is 4.24. The molecule has 7 heteroatoms. The van der Waals surface area contributed by atoms with Gasteiger partial charge in [0.1, 0.15) is 5.69 Å². The van der Waals surface area contributed by atoms with Gasteiger partial charge in [0.25, 0.3) is 5.69 Å². The average molecular weight is 346 g/mol. The van der Waals surface area contributed by atoms with Crippen LogP contribution >= 0.6 is 11.6 Å². The molecule has 1 heterocycles. The van der Waals surface area contributed by atoms with Crippen LogP contribution in [-0.2, 0) is 17.8 Å². The summed E-state index contributed by atoms with van der Waals surface area (Å²) in [5.41, 5.74) is 2.48. The minimum Gasteiger partial charge on any atom is -0.319 e. The van der Waals surface area contributed by atoms with E-state index in [2.05, 4.69) is 17.4 Å². The number of nitrogens with one attached hydrogen (secondary N) is 1. The van der Waals surface area contributed by atoms with Crippen LogP contribution in [0.25, 0.3) is 0 Å². The molecule has 124 valence electrons. The molecule has 0 fully saturated rings. The van der Waals surface area contributed by atoms with Gasteiger partial charge in [0.15, 0.2) is 0 Å². The van der Waals surface area contributed by atoms with E-state index >= 15 is 0 Å². The highest BCUT2D eigenvalue weighted by molar-refractivity contribution is 6.31. The second-order valence-corrected chi connectivity index (χ2v) is 6.13. The lowest BCUT2D eigenvalue weighted by molar-refractivity contribution is -0.383. The van der Waals surface area contributed by atoms with Crippen molar-refractivity contribution in [2.75, 3.05) is 18.4 Å². The van der Waals surface area contributed by atoms with E-state index in [9.17, 15) is 14.9 Å². The Morgan fingerprint density at radius 2 is 2.00 bits per heavy atom. The summed E-state index contributed by atoms with van der Waals surface area (Å²) in [5.74, 6) is -0.278. The highest BCUT2D eigenvalue weighted by Gasteiger charge is 2.20. The first-order chi connectivity index (χ1) is 11.5. The molecule has 2 aromatic rings. The number of hydrogen-bond acceptors (Lipinski definition) is 4. The average Bonchev–Trinajstić information content (AvgIpc) is 2.56. The molecule has 0 aliphatic carbocycles. The lowest BCUT2D eigenvalue weighted by Crippen LogP contribution is -2.37. The molecule has 0 bridgehead atoms. The van der Waals surface area contributed by atoms with Crippen LogP contribution in [0.4, 0.5) is 11.4 Å². The van der Waals surface area contributed by atoms with Crippen LogP contribution in [0.5, 0.6) is 0 Å². The first-order valence-electron chi connectivity index (χ1n) is 7.56. The summed E-state index contributed by atoms with van der Waals surface area (Å²) >= 11 is 5.78. The van der Waals surface area contributed by atoms with Gasteiger partial charge < -0.3 is 5.32 Å². The molecular weight excluding hydrogens is 330 g/mol. The Morgan fingerprint density at radius 3 is 2.75 bits per heavy atom. The van der Waals surface area contributed by atoms with Crippen LogP contribution in [0.15, 0.2) is 42.5 Å². The number of rotatable bonds is 4. The van der Waals surface area contributed by atoms with Crippen LogP contribution < -0.4 is 5.32 Å².